The predicted octanol–water partition coefficient (Wildman–Crippen LogP) is 6.99. The molecular weight excluding hydrogens is 406 g/mol. The first-order valence-electron chi connectivity index (χ1n) is 12.3. The van der Waals surface area contributed by atoms with Crippen molar-refractivity contribution >= 4 is 11.5 Å². The molecule has 0 spiro atoms. The highest BCUT2D eigenvalue weighted by Gasteiger charge is 2.37. The lowest BCUT2D eigenvalue weighted by Gasteiger charge is -2.42. The zero-order valence-corrected chi connectivity index (χ0v) is 21.6. The molecule has 0 saturated heterocycles. The Balaban J connectivity index is 2.03. The van der Waals surface area contributed by atoms with Crippen molar-refractivity contribution in [2.24, 2.45) is 0 Å². The molecule has 0 aromatic heterocycles. The highest BCUT2D eigenvalue weighted by molar-refractivity contribution is 5.91. The first-order chi connectivity index (χ1) is 15.4. The summed E-state index contributed by atoms with van der Waals surface area (Å²) in [5.74, 6) is -0.865. The van der Waals surface area contributed by atoms with E-state index in [1.165, 1.54) is 29.5 Å². The third kappa shape index (κ3) is 5.09. The number of hydrogen-bond donors (Lipinski definition) is 1. The van der Waals surface area contributed by atoms with E-state index in [2.05, 4.69) is 72.1 Å². The number of nitrogens with zero attached hydrogens (tertiary/aromatic N) is 1. The van der Waals surface area contributed by atoms with E-state index >= 15 is 0 Å². The number of aryl methyl sites for hydroxylation is 1. The highest BCUT2D eigenvalue weighted by Crippen LogP contribution is 2.47. The largest absolute Gasteiger partial charge is 0.478 e. The van der Waals surface area contributed by atoms with Gasteiger partial charge in [-0.1, -0.05) is 72.4 Å². The van der Waals surface area contributed by atoms with Gasteiger partial charge in [-0.3, -0.25) is 0 Å². The second-order valence-corrected chi connectivity index (χ2v) is 10.9. The Kier molecular flexibility index (Phi) is 7.24. The van der Waals surface area contributed by atoms with Gasteiger partial charge >= 0.3 is 5.97 Å². The summed E-state index contributed by atoms with van der Waals surface area (Å²) in [5, 5.41) is 9.74. The van der Waals surface area contributed by atoms with Crippen LogP contribution in [0.2, 0.25) is 0 Å². The van der Waals surface area contributed by atoms with E-state index < -0.39 is 5.97 Å². The van der Waals surface area contributed by atoms with E-state index in [1.807, 2.05) is 12.1 Å². The topological polar surface area (TPSA) is 40.5 Å². The van der Waals surface area contributed by atoms with Gasteiger partial charge in [0, 0.05) is 6.54 Å². The van der Waals surface area contributed by atoms with Crippen LogP contribution >= 0.6 is 0 Å². The lowest BCUT2D eigenvalue weighted by atomic mass is 9.62. The Morgan fingerprint density at radius 1 is 0.970 bits per heavy atom. The maximum absolute atomic E-state index is 11.9. The van der Waals surface area contributed by atoms with Crippen molar-refractivity contribution in [3.8, 4) is 0 Å². The number of hydrogen-bond acceptors (Lipinski definition) is 2. The van der Waals surface area contributed by atoms with Gasteiger partial charge in [0.25, 0.3) is 0 Å². The highest BCUT2D eigenvalue weighted by atomic mass is 16.4. The summed E-state index contributed by atoms with van der Waals surface area (Å²) in [6.45, 7) is 23.1. The monoisotopic (exact) mass is 447 g/mol. The number of rotatable bonds is 8. The van der Waals surface area contributed by atoms with Crippen LogP contribution in [0.5, 0.6) is 0 Å². The SMILES string of the molecule is C=C(c1ccc(C(=O)O)c(CCN(CC)CC)c1)c1cc2c(cc1C)C(C)(C)CCC2(C)C. The Bertz CT molecular complexity index is 1060. The van der Waals surface area contributed by atoms with E-state index in [0.29, 0.717) is 5.56 Å². The quantitative estimate of drug-likeness (QED) is 0.474. The molecule has 2 aromatic carbocycles. The summed E-state index contributed by atoms with van der Waals surface area (Å²) in [6.07, 6.45) is 3.08. The summed E-state index contributed by atoms with van der Waals surface area (Å²) in [7, 11) is 0. The molecule has 0 saturated carbocycles. The van der Waals surface area contributed by atoms with Crippen molar-refractivity contribution in [3.63, 3.8) is 0 Å². The van der Waals surface area contributed by atoms with Gasteiger partial charge in [-0.15, -0.1) is 0 Å². The number of carboxylic acid groups (broad SMARTS) is 1. The number of carboxylic acids is 1. The van der Waals surface area contributed by atoms with Gasteiger partial charge in [-0.05, 0) is 95.1 Å². The van der Waals surface area contributed by atoms with Crippen LogP contribution in [-0.2, 0) is 17.3 Å². The minimum Gasteiger partial charge on any atom is -0.478 e. The van der Waals surface area contributed by atoms with Crippen molar-refractivity contribution in [3.05, 3.63) is 75.9 Å². The second kappa shape index (κ2) is 9.46. The van der Waals surface area contributed by atoms with E-state index in [4.69, 9.17) is 0 Å². The molecule has 0 atom stereocenters. The lowest BCUT2D eigenvalue weighted by Crippen LogP contribution is -2.34. The summed E-state index contributed by atoms with van der Waals surface area (Å²) in [5.41, 5.74) is 8.83. The van der Waals surface area contributed by atoms with Gasteiger partial charge in [-0.25, -0.2) is 4.79 Å². The van der Waals surface area contributed by atoms with Gasteiger partial charge < -0.3 is 10.0 Å². The summed E-state index contributed by atoms with van der Waals surface area (Å²) >= 11 is 0. The molecule has 3 nitrogen and oxygen atoms in total. The van der Waals surface area contributed by atoms with Gasteiger partial charge in [0.05, 0.1) is 5.56 Å². The third-order valence-corrected chi connectivity index (χ3v) is 7.80. The molecule has 0 heterocycles. The molecule has 2 aromatic rings. The second-order valence-electron chi connectivity index (χ2n) is 10.9. The molecule has 0 bridgehead atoms. The predicted molar refractivity (Wildman–Crippen MR) is 139 cm³/mol. The van der Waals surface area contributed by atoms with E-state index in [1.54, 1.807) is 6.07 Å². The van der Waals surface area contributed by atoms with Crippen LogP contribution < -0.4 is 0 Å². The van der Waals surface area contributed by atoms with Crippen molar-refractivity contribution in [2.45, 2.75) is 78.6 Å². The van der Waals surface area contributed by atoms with Crippen molar-refractivity contribution in [1.29, 1.82) is 0 Å². The molecule has 0 radical (unpaired) electrons. The molecule has 3 rings (SSSR count). The molecule has 0 fully saturated rings. The van der Waals surface area contributed by atoms with Crippen LogP contribution in [0.15, 0.2) is 36.9 Å². The smallest absolute Gasteiger partial charge is 0.335 e. The zero-order chi connectivity index (χ0) is 24.6. The fraction of sp³-hybridized carbons (Fsp3) is 0.500. The van der Waals surface area contributed by atoms with Gasteiger partial charge in [0.2, 0.25) is 0 Å². The first-order valence-corrected chi connectivity index (χ1v) is 12.3. The Labute approximate surface area is 200 Å². The fourth-order valence-corrected chi connectivity index (χ4v) is 5.22. The van der Waals surface area contributed by atoms with Crippen LogP contribution in [0.25, 0.3) is 5.57 Å². The van der Waals surface area contributed by atoms with Crippen molar-refractivity contribution < 1.29 is 9.90 Å². The average Bonchev–Trinajstić information content (AvgIpc) is 2.76. The van der Waals surface area contributed by atoms with Crippen LogP contribution in [0.1, 0.15) is 98.1 Å². The molecule has 1 aliphatic rings. The summed E-state index contributed by atoms with van der Waals surface area (Å²) in [4.78, 5) is 14.2. The molecule has 1 N–H and O–H groups in total. The summed E-state index contributed by atoms with van der Waals surface area (Å²) in [6, 6.07) is 10.4. The molecule has 33 heavy (non-hydrogen) atoms. The van der Waals surface area contributed by atoms with Crippen molar-refractivity contribution in [2.75, 3.05) is 19.6 Å². The number of likely N-dealkylation sites (N-methyl/N-ethyl adjacent to an activating group) is 1. The van der Waals surface area contributed by atoms with Crippen LogP contribution in [0.4, 0.5) is 0 Å². The zero-order valence-electron chi connectivity index (χ0n) is 21.6. The van der Waals surface area contributed by atoms with E-state index in [-0.39, 0.29) is 10.8 Å². The molecule has 1 aliphatic carbocycles. The molecule has 178 valence electrons. The van der Waals surface area contributed by atoms with E-state index in [0.717, 1.165) is 48.3 Å². The third-order valence-electron chi connectivity index (χ3n) is 7.80. The Morgan fingerprint density at radius 2 is 1.55 bits per heavy atom. The number of fused-ring (bicyclic) bond motifs is 1. The van der Waals surface area contributed by atoms with Crippen LogP contribution in [0.3, 0.4) is 0 Å². The molecule has 0 amide bonds. The van der Waals surface area contributed by atoms with E-state index in [9.17, 15) is 9.90 Å². The van der Waals surface area contributed by atoms with Crippen molar-refractivity contribution in [1.82, 2.24) is 4.90 Å². The number of carbonyl (C=O) groups is 1. The normalized spacial score (nSPS) is 16.5. The standard InChI is InChI=1S/C30H41NO2/c1-9-31(10-2)16-13-23-18-22(11-12-24(23)28(32)33)21(4)25-19-27-26(17-20(25)3)29(5,6)14-15-30(27,7)8/h11-12,17-19H,4,9-10,13-16H2,1-3,5-8H3,(H,32,33). The molecule has 0 aliphatic heterocycles. The Hall–Kier alpha value is -2.39. The van der Waals surface area contributed by atoms with Crippen LogP contribution in [-0.4, -0.2) is 35.6 Å². The first kappa shape index (κ1) is 25.2. The molecule has 0 unspecified atom stereocenters. The maximum atomic E-state index is 11.9. The van der Waals surface area contributed by atoms with Gasteiger partial charge in [0.1, 0.15) is 0 Å². The minimum absolute atomic E-state index is 0.135. The average molecular weight is 448 g/mol. The fourth-order valence-electron chi connectivity index (χ4n) is 5.22. The Morgan fingerprint density at radius 3 is 2.09 bits per heavy atom. The van der Waals surface area contributed by atoms with Gasteiger partial charge in [-0.2, -0.15) is 0 Å². The minimum atomic E-state index is -0.865. The lowest BCUT2D eigenvalue weighted by molar-refractivity contribution is 0.0695. The number of benzene rings is 2. The molecule has 3 heteroatoms. The van der Waals surface area contributed by atoms with Gasteiger partial charge in [0.15, 0.2) is 0 Å². The summed E-state index contributed by atoms with van der Waals surface area (Å²) < 4.78 is 0. The van der Waals surface area contributed by atoms with Crippen LogP contribution in [0, 0.1) is 6.92 Å². The maximum Gasteiger partial charge on any atom is 0.335 e. The molecular formula is C30H41NO2. The number of aromatic carboxylic acids is 1.